The fourth-order valence-electron chi connectivity index (χ4n) is 1.87. The molecule has 2 amide bonds. The van der Waals surface area contributed by atoms with E-state index in [-0.39, 0.29) is 6.03 Å². The molecular weight excluding hydrogens is 182 g/mol. The smallest absolute Gasteiger partial charge is 0.317 e. The number of nitrogens with one attached hydrogen (secondary N) is 1. The summed E-state index contributed by atoms with van der Waals surface area (Å²) < 4.78 is 0. The van der Waals surface area contributed by atoms with Crippen molar-refractivity contribution < 1.29 is 9.59 Å². The lowest BCUT2D eigenvalue weighted by atomic mass is 10.4. The molecule has 0 unspecified atom stereocenters. The van der Waals surface area contributed by atoms with Crippen LogP contribution in [0.4, 0.5) is 4.79 Å². The van der Waals surface area contributed by atoms with E-state index in [0.29, 0.717) is 18.7 Å². The fraction of sp³-hybridized carbons (Fsp3) is 0.778. The van der Waals surface area contributed by atoms with Gasteiger partial charge < -0.3 is 10.2 Å². The quantitative estimate of drug-likeness (QED) is 0.650. The molecule has 2 aliphatic rings. The van der Waals surface area contributed by atoms with Crippen LogP contribution in [0.25, 0.3) is 0 Å². The summed E-state index contributed by atoms with van der Waals surface area (Å²) in [7, 11) is 0. The van der Waals surface area contributed by atoms with Crippen molar-refractivity contribution in [2.24, 2.45) is 0 Å². The van der Waals surface area contributed by atoms with Crippen LogP contribution in [0, 0.1) is 0 Å². The van der Waals surface area contributed by atoms with E-state index >= 15 is 0 Å². The monoisotopic (exact) mass is 197 g/mol. The van der Waals surface area contributed by atoms with Gasteiger partial charge in [-0.3, -0.25) is 9.69 Å². The molecule has 0 atom stereocenters. The zero-order valence-electron chi connectivity index (χ0n) is 8.16. The van der Waals surface area contributed by atoms with E-state index in [1.165, 1.54) is 0 Å². The Morgan fingerprint density at radius 2 is 2.07 bits per heavy atom. The molecule has 14 heavy (non-hydrogen) atoms. The summed E-state index contributed by atoms with van der Waals surface area (Å²) in [4.78, 5) is 26.1. The van der Waals surface area contributed by atoms with Crippen molar-refractivity contribution in [3.63, 3.8) is 0 Å². The van der Waals surface area contributed by atoms with Gasteiger partial charge in [0.05, 0.1) is 6.54 Å². The molecule has 1 N–H and O–H groups in total. The first-order valence-electron chi connectivity index (χ1n) is 5.02. The highest BCUT2D eigenvalue weighted by atomic mass is 16.2. The molecule has 2 heterocycles. The molecule has 0 saturated carbocycles. The lowest BCUT2D eigenvalue weighted by Gasteiger charge is -2.19. The fourth-order valence-corrected chi connectivity index (χ4v) is 1.87. The Kier molecular flexibility index (Phi) is 2.67. The second kappa shape index (κ2) is 3.96. The average Bonchev–Trinajstić information content (AvgIpc) is 2.72. The van der Waals surface area contributed by atoms with Crippen molar-refractivity contribution >= 4 is 11.8 Å². The molecule has 5 heteroatoms. The Morgan fingerprint density at radius 1 is 1.21 bits per heavy atom. The molecule has 2 saturated heterocycles. The minimum Gasteiger partial charge on any atom is -0.336 e. The molecule has 0 radical (unpaired) electrons. The highest BCUT2D eigenvalue weighted by molar-refractivity contribution is 5.82. The summed E-state index contributed by atoms with van der Waals surface area (Å²) >= 11 is 0. The summed E-state index contributed by atoms with van der Waals surface area (Å²) in [5, 5.41) is 2.76. The van der Waals surface area contributed by atoms with Gasteiger partial charge in [0.2, 0.25) is 0 Å². The highest BCUT2D eigenvalue weighted by Crippen LogP contribution is 2.04. The third kappa shape index (κ3) is 2.04. The lowest BCUT2D eigenvalue weighted by molar-refractivity contribution is -0.116. The molecule has 2 fully saturated rings. The van der Waals surface area contributed by atoms with E-state index in [9.17, 15) is 9.59 Å². The second-order valence-corrected chi connectivity index (χ2v) is 3.78. The number of carbonyl (C=O) groups is 2. The molecule has 0 spiro atoms. The largest absolute Gasteiger partial charge is 0.336 e. The lowest BCUT2D eigenvalue weighted by Crippen LogP contribution is -2.36. The van der Waals surface area contributed by atoms with Crippen LogP contribution in [0.2, 0.25) is 0 Å². The molecule has 0 aromatic carbocycles. The standard InChI is InChI=1S/C9H15N3O2/c13-8-1-3-11(7-8)5-6-12-4-2-10-9(12)14/h1-7H2,(H,10,14). The number of likely N-dealkylation sites (tertiary alicyclic amines) is 1. The summed E-state index contributed by atoms with van der Waals surface area (Å²) in [6.45, 7) is 4.51. The maximum atomic E-state index is 11.2. The van der Waals surface area contributed by atoms with E-state index < -0.39 is 0 Å². The maximum absolute atomic E-state index is 11.2. The van der Waals surface area contributed by atoms with Crippen LogP contribution in [0.1, 0.15) is 6.42 Å². The van der Waals surface area contributed by atoms with Crippen molar-refractivity contribution in [1.82, 2.24) is 15.1 Å². The van der Waals surface area contributed by atoms with Crippen LogP contribution >= 0.6 is 0 Å². The maximum Gasteiger partial charge on any atom is 0.317 e. The van der Waals surface area contributed by atoms with Gasteiger partial charge in [-0.25, -0.2) is 4.79 Å². The van der Waals surface area contributed by atoms with Crippen molar-refractivity contribution in [1.29, 1.82) is 0 Å². The van der Waals surface area contributed by atoms with Gasteiger partial charge in [0, 0.05) is 39.1 Å². The van der Waals surface area contributed by atoms with E-state index in [2.05, 4.69) is 10.2 Å². The van der Waals surface area contributed by atoms with E-state index in [0.717, 1.165) is 32.7 Å². The summed E-state index contributed by atoms with van der Waals surface area (Å²) in [5.41, 5.74) is 0. The number of hydrogen-bond acceptors (Lipinski definition) is 3. The van der Waals surface area contributed by atoms with Crippen LogP contribution in [0.3, 0.4) is 0 Å². The van der Waals surface area contributed by atoms with Crippen LogP contribution in [-0.4, -0.2) is 60.9 Å². The highest BCUT2D eigenvalue weighted by Gasteiger charge is 2.23. The number of amides is 2. The normalized spacial score (nSPS) is 23.3. The summed E-state index contributed by atoms with van der Waals surface area (Å²) in [6, 6.07) is 0.0236. The number of Topliss-reactive ketones (excluding diaryl/α,β-unsaturated/α-hetero) is 1. The van der Waals surface area contributed by atoms with Crippen molar-refractivity contribution in [3.05, 3.63) is 0 Å². The van der Waals surface area contributed by atoms with Crippen LogP contribution in [0.15, 0.2) is 0 Å². The van der Waals surface area contributed by atoms with Gasteiger partial charge in [0.15, 0.2) is 0 Å². The van der Waals surface area contributed by atoms with Gasteiger partial charge in [-0.1, -0.05) is 0 Å². The number of nitrogens with zero attached hydrogens (tertiary/aromatic N) is 2. The Morgan fingerprint density at radius 3 is 2.64 bits per heavy atom. The predicted molar refractivity (Wildman–Crippen MR) is 51.0 cm³/mol. The van der Waals surface area contributed by atoms with Gasteiger partial charge in [-0.15, -0.1) is 0 Å². The first kappa shape index (κ1) is 9.45. The number of urea groups is 1. The van der Waals surface area contributed by atoms with Gasteiger partial charge in [0.25, 0.3) is 0 Å². The summed E-state index contributed by atoms with van der Waals surface area (Å²) in [5.74, 6) is 0.316. The van der Waals surface area contributed by atoms with Crippen molar-refractivity contribution in [3.8, 4) is 0 Å². The number of ketones is 1. The van der Waals surface area contributed by atoms with E-state index in [1.54, 1.807) is 4.90 Å². The zero-order chi connectivity index (χ0) is 9.97. The molecule has 0 bridgehead atoms. The zero-order valence-corrected chi connectivity index (χ0v) is 8.16. The SMILES string of the molecule is O=C1CCN(CCN2CCNC2=O)C1. The Balaban J connectivity index is 1.71. The second-order valence-electron chi connectivity index (χ2n) is 3.78. The first-order valence-corrected chi connectivity index (χ1v) is 5.02. The number of carbonyl (C=O) groups excluding carboxylic acids is 2. The van der Waals surface area contributed by atoms with E-state index in [4.69, 9.17) is 0 Å². The van der Waals surface area contributed by atoms with E-state index in [1.807, 2.05) is 0 Å². The molecule has 0 aromatic rings. The third-order valence-corrected chi connectivity index (χ3v) is 2.74. The average molecular weight is 197 g/mol. The number of rotatable bonds is 3. The van der Waals surface area contributed by atoms with Crippen molar-refractivity contribution in [2.45, 2.75) is 6.42 Å². The first-order chi connectivity index (χ1) is 6.75. The molecular formula is C9H15N3O2. The van der Waals surface area contributed by atoms with Gasteiger partial charge in [-0.2, -0.15) is 0 Å². The van der Waals surface area contributed by atoms with Crippen LogP contribution in [-0.2, 0) is 4.79 Å². The molecule has 2 aliphatic heterocycles. The minimum absolute atomic E-state index is 0.0236. The van der Waals surface area contributed by atoms with Gasteiger partial charge >= 0.3 is 6.03 Å². The summed E-state index contributed by atoms with van der Waals surface area (Å²) in [6.07, 6.45) is 0.673. The Labute approximate surface area is 83.0 Å². The molecule has 0 aromatic heterocycles. The molecule has 0 aliphatic carbocycles. The van der Waals surface area contributed by atoms with Gasteiger partial charge in [0.1, 0.15) is 5.78 Å². The number of hydrogen-bond donors (Lipinski definition) is 1. The minimum atomic E-state index is 0.0236. The van der Waals surface area contributed by atoms with Crippen molar-refractivity contribution in [2.75, 3.05) is 39.3 Å². The molecule has 78 valence electrons. The third-order valence-electron chi connectivity index (χ3n) is 2.74. The Bertz CT molecular complexity index is 254. The topological polar surface area (TPSA) is 52.7 Å². The Hall–Kier alpha value is -1.10. The van der Waals surface area contributed by atoms with Crippen LogP contribution < -0.4 is 5.32 Å². The predicted octanol–water partition coefficient (Wildman–Crippen LogP) is -0.714. The van der Waals surface area contributed by atoms with Crippen LogP contribution in [0.5, 0.6) is 0 Å². The molecule has 2 rings (SSSR count). The molecule has 5 nitrogen and oxygen atoms in total. The van der Waals surface area contributed by atoms with Gasteiger partial charge in [-0.05, 0) is 0 Å².